The lowest BCUT2D eigenvalue weighted by Crippen LogP contribution is -2.23. The fourth-order valence-electron chi connectivity index (χ4n) is 2.23. The quantitative estimate of drug-likeness (QED) is 0.709. The van der Waals surface area contributed by atoms with Crippen LogP contribution in [0.2, 0.25) is 0 Å². The summed E-state index contributed by atoms with van der Waals surface area (Å²) in [5.41, 5.74) is 1.08. The highest BCUT2D eigenvalue weighted by Crippen LogP contribution is 2.23. The maximum atomic E-state index is 12.5. The van der Waals surface area contributed by atoms with Crippen molar-refractivity contribution in [1.82, 2.24) is 9.71 Å². The van der Waals surface area contributed by atoms with Crippen molar-refractivity contribution in [2.75, 3.05) is 6.61 Å². The van der Waals surface area contributed by atoms with Gasteiger partial charge in [-0.25, -0.2) is 18.1 Å². The minimum Gasteiger partial charge on any atom is -0.491 e. The van der Waals surface area contributed by atoms with Crippen LogP contribution in [0.3, 0.4) is 0 Å². The Hall–Kier alpha value is -2.33. The Morgan fingerprint density at radius 1 is 1.18 bits per heavy atom. The predicted octanol–water partition coefficient (Wildman–Crippen LogP) is 3.60. The molecule has 6 nitrogen and oxygen atoms in total. The van der Waals surface area contributed by atoms with Crippen molar-refractivity contribution in [3.05, 3.63) is 47.7 Å². The Kier molecular flexibility index (Phi) is 6.89. The van der Waals surface area contributed by atoms with Crippen molar-refractivity contribution in [3.63, 3.8) is 0 Å². The molecule has 0 radical (unpaired) electrons. The molecule has 0 aliphatic heterocycles. The number of rotatable bonds is 8. The predicted molar refractivity (Wildman–Crippen MR) is 96.8 cm³/mol. The molecule has 2 rings (SSSR count). The van der Waals surface area contributed by atoms with E-state index < -0.39 is 22.8 Å². The molecule has 0 aliphatic rings. The number of ether oxygens (including phenoxy) is 2. The summed E-state index contributed by atoms with van der Waals surface area (Å²) in [7, 11) is -3.82. The molecular weight excluding hydrogens is 397 g/mol. The number of aromatic nitrogens is 1. The van der Waals surface area contributed by atoms with E-state index in [0.29, 0.717) is 16.9 Å². The van der Waals surface area contributed by atoms with Gasteiger partial charge in [-0.1, -0.05) is 0 Å². The van der Waals surface area contributed by atoms with Gasteiger partial charge in [-0.3, -0.25) is 0 Å². The van der Waals surface area contributed by atoms with E-state index in [2.05, 4.69) is 14.4 Å². The Morgan fingerprint density at radius 2 is 1.89 bits per heavy atom. The Morgan fingerprint density at radius 3 is 2.50 bits per heavy atom. The highest BCUT2D eigenvalue weighted by Gasteiger charge is 2.28. The number of aryl methyl sites for hydroxylation is 1. The lowest BCUT2D eigenvalue weighted by molar-refractivity contribution is -0.154. The monoisotopic (exact) mass is 418 g/mol. The van der Waals surface area contributed by atoms with E-state index in [1.54, 1.807) is 13.0 Å². The fraction of sp³-hybridized carbons (Fsp3) is 0.389. The highest BCUT2D eigenvalue weighted by molar-refractivity contribution is 7.89. The smallest absolute Gasteiger partial charge is 0.422 e. The number of hydrogen-bond donors (Lipinski definition) is 1. The van der Waals surface area contributed by atoms with Crippen LogP contribution in [0.5, 0.6) is 11.6 Å². The van der Waals surface area contributed by atoms with Crippen molar-refractivity contribution >= 4 is 10.0 Å². The van der Waals surface area contributed by atoms with Crippen LogP contribution < -0.4 is 14.2 Å². The molecule has 0 unspecified atom stereocenters. The second-order valence-corrected chi connectivity index (χ2v) is 8.09. The van der Waals surface area contributed by atoms with Crippen molar-refractivity contribution in [2.45, 2.75) is 44.5 Å². The van der Waals surface area contributed by atoms with Gasteiger partial charge in [0, 0.05) is 18.8 Å². The molecule has 154 valence electrons. The summed E-state index contributed by atoms with van der Waals surface area (Å²) in [5, 5.41) is 0. The molecule has 10 heteroatoms. The zero-order valence-electron chi connectivity index (χ0n) is 15.6. The van der Waals surface area contributed by atoms with Gasteiger partial charge < -0.3 is 9.47 Å². The van der Waals surface area contributed by atoms with Gasteiger partial charge in [0.25, 0.3) is 0 Å². The zero-order valence-corrected chi connectivity index (χ0v) is 16.4. The molecular formula is C18H21F3N2O4S. The third-order valence-corrected chi connectivity index (χ3v) is 4.87. The Bertz CT molecular complexity index is 915. The summed E-state index contributed by atoms with van der Waals surface area (Å²) >= 11 is 0. The van der Waals surface area contributed by atoms with E-state index in [1.807, 2.05) is 13.8 Å². The second-order valence-electron chi connectivity index (χ2n) is 6.32. The summed E-state index contributed by atoms with van der Waals surface area (Å²) in [5.74, 6) is 0.356. The van der Waals surface area contributed by atoms with Gasteiger partial charge in [-0.15, -0.1) is 0 Å². The fourth-order valence-corrected chi connectivity index (χ4v) is 3.33. The molecule has 2 aromatic rings. The first-order valence-electron chi connectivity index (χ1n) is 8.38. The van der Waals surface area contributed by atoms with Crippen molar-refractivity contribution in [2.24, 2.45) is 0 Å². The summed E-state index contributed by atoms with van der Waals surface area (Å²) in [6.45, 7) is 3.87. The van der Waals surface area contributed by atoms with Crippen molar-refractivity contribution in [3.8, 4) is 11.6 Å². The number of alkyl halides is 3. The van der Waals surface area contributed by atoms with Crippen LogP contribution in [0.15, 0.2) is 41.4 Å². The number of sulfonamides is 1. The van der Waals surface area contributed by atoms with Crippen LogP contribution >= 0.6 is 0 Å². The third-order valence-electron chi connectivity index (χ3n) is 3.47. The molecule has 0 aliphatic carbocycles. The number of benzene rings is 1. The van der Waals surface area contributed by atoms with E-state index in [4.69, 9.17) is 4.74 Å². The molecule has 28 heavy (non-hydrogen) atoms. The lowest BCUT2D eigenvalue weighted by Gasteiger charge is -2.14. The van der Waals surface area contributed by atoms with Gasteiger partial charge in [-0.2, -0.15) is 13.2 Å². The normalized spacial score (nSPS) is 12.2. The molecule has 1 aromatic carbocycles. The number of nitrogens with one attached hydrogen (secondary N) is 1. The third kappa shape index (κ3) is 6.68. The molecule has 0 bridgehead atoms. The lowest BCUT2D eigenvalue weighted by atomic mass is 10.2. The first kappa shape index (κ1) is 22.0. The largest absolute Gasteiger partial charge is 0.491 e. The van der Waals surface area contributed by atoms with E-state index in [9.17, 15) is 21.6 Å². The van der Waals surface area contributed by atoms with Gasteiger partial charge in [-0.05, 0) is 56.2 Å². The maximum Gasteiger partial charge on any atom is 0.422 e. The van der Waals surface area contributed by atoms with Crippen LogP contribution in [0.25, 0.3) is 0 Å². The topological polar surface area (TPSA) is 77.5 Å². The molecule has 0 atom stereocenters. The van der Waals surface area contributed by atoms with Gasteiger partial charge in [0.05, 0.1) is 11.0 Å². The summed E-state index contributed by atoms with van der Waals surface area (Å²) in [6, 6.07) is 7.23. The van der Waals surface area contributed by atoms with Gasteiger partial charge in [0.1, 0.15) is 5.75 Å². The maximum absolute atomic E-state index is 12.5. The first-order valence-corrected chi connectivity index (χ1v) is 9.86. The van der Waals surface area contributed by atoms with Crippen LogP contribution in [-0.4, -0.2) is 32.3 Å². The summed E-state index contributed by atoms with van der Waals surface area (Å²) in [4.78, 5) is 3.74. The standard InChI is InChI=1S/C18H21F3N2O4S/c1-12(2)27-16-5-4-15(8-13(16)3)28(24,25)23-10-14-6-7-22-17(9-14)26-11-18(19,20)21/h4-9,12,23H,10-11H2,1-3H3. The molecule has 1 aromatic heterocycles. The SMILES string of the molecule is Cc1cc(S(=O)(=O)NCc2ccnc(OCC(F)(F)F)c2)ccc1OC(C)C. The second kappa shape index (κ2) is 8.78. The average Bonchev–Trinajstić information content (AvgIpc) is 2.59. The average molecular weight is 418 g/mol. The minimum absolute atomic E-state index is 0.0419. The van der Waals surface area contributed by atoms with Gasteiger partial charge in [0.15, 0.2) is 6.61 Å². The zero-order chi connectivity index (χ0) is 20.9. The van der Waals surface area contributed by atoms with Crippen LogP contribution in [0.1, 0.15) is 25.0 Å². The molecule has 0 saturated heterocycles. The van der Waals surface area contributed by atoms with Gasteiger partial charge >= 0.3 is 6.18 Å². The molecule has 0 saturated carbocycles. The van der Waals surface area contributed by atoms with Crippen molar-refractivity contribution < 1.29 is 31.1 Å². The molecule has 1 N–H and O–H groups in total. The molecule has 1 heterocycles. The van der Waals surface area contributed by atoms with Crippen molar-refractivity contribution in [1.29, 1.82) is 0 Å². The minimum atomic E-state index is -4.48. The number of nitrogens with zero attached hydrogens (tertiary/aromatic N) is 1. The number of hydrogen-bond acceptors (Lipinski definition) is 5. The van der Waals surface area contributed by atoms with E-state index >= 15 is 0 Å². The van der Waals surface area contributed by atoms with Gasteiger partial charge in [0.2, 0.25) is 15.9 Å². The molecule has 0 fully saturated rings. The summed E-state index contributed by atoms with van der Waals surface area (Å²) in [6.07, 6.45) is -3.28. The first-order chi connectivity index (χ1) is 13.0. The van der Waals surface area contributed by atoms with Crippen LogP contribution in [0, 0.1) is 6.92 Å². The Balaban J connectivity index is 2.06. The van der Waals surface area contributed by atoms with Crippen LogP contribution in [0.4, 0.5) is 13.2 Å². The van der Waals surface area contributed by atoms with E-state index in [1.165, 1.54) is 30.5 Å². The number of halogens is 3. The molecule has 0 spiro atoms. The van der Waals surface area contributed by atoms with Crippen LogP contribution in [-0.2, 0) is 16.6 Å². The van der Waals surface area contributed by atoms with E-state index in [0.717, 1.165) is 0 Å². The molecule has 0 amide bonds. The Labute approximate surface area is 161 Å². The highest BCUT2D eigenvalue weighted by atomic mass is 32.2. The van der Waals surface area contributed by atoms with E-state index in [-0.39, 0.29) is 23.4 Å². The number of pyridine rings is 1. The summed E-state index contributed by atoms with van der Waals surface area (Å²) < 4.78 is 74.2.